The lowest BCUT2D eigenvalue weighted by molar-refractivity contribution is 0.486. The van der Waals surface area contributed by atoms with E-state index in [1.165, 1.54) is 36.0 Å². The van der Waals surface area contributed by atoms with Crippen LogP contribution in [-0.4, -0.2) is 0 Å². The van der Waals surface area contributed by atoms with E-state index in [2.05, 4.69) is 63.2 Å². The molecule has 1 aliphatic carbocycles. The molecule has 1 aliphatic rings. The lowest BCUT2D eigenvalue weighted by Gasteiger charge is -2.31. The van der Waals surface area contributed by atoms with Crippen molar-refractivity contribution in [2.24, 2.45) is 0 Å². The molecule has 2 atom stereocenters. The van der Waals surface area contributed by atoms with Crippen molar-refractivity contribution in [3.05, 3.63) is 70.3 Å². The van der Waals surface area contributed by atoms with E-state index in [4.69, 9.17) is 0 Å². The number of hydrogen-bond acceptors (Lipinski definition) is 0. The van der Waals surface area contributed by atoms with Gasteiger partial charge in [0, 0.05) is 0 Å². The van der Waals surface area contributed by atoms with Crippen LogP contribution in [-0.2, 0) is 6.42 Å². The predicted molar refractivity (Wildman–Crippen MR) is 86.5 cm³/mol. The van der Waals surface area contributed by atoms with Crippen LogP contribution in [0, 0.1) is 13.8 Å². The molecule has 0 spiro atoms. The normalized spacial score (nSPS) is 19.4. The maximum absolute atomic E-state index is 2.41. The second-order valence-corrected chi connectivity index (χ2v) is 6.35. The fourth-order valence-electron chi connectivity index (χ4n) is 3.86. The Balaban J connectivity index is 1.97. The molecule has 0 amide bonds. The fraction of sp³-hybridized carbons (Fsp3) is 0.400. The minimum Gasteiger partial charge on any atom is -0.0620 e. The van der Waals surface area contributed by atoms with Gasteiger partial charge >= 0.3 is 0 Å². The van der Waals surface area contributed by atoms with Gasteiger partial charge in [-0.1, -0.05) is 55.0 Å². The Labute approximate surface area is 122 Å². The van der Waals surface area contributed by atoms with Crippen LogP contribution < -0.4 is 0 Å². The molecule has 0 aliphatic heterocycles. The predicted octanol–water partition coefficient (Wildman–Crippen LogP) is 5.53. The van der Waals surface area contributed by atoms with E-state index in [0.717, 1.165) is 0 Å². The van der Waals surface area contributed by atoms with Gasteiger partial charge in [-0.25, -0.2) is 0 Å². The first-order valence-corrected chi connectivity index (χ1v) is 7.82. The maximum atomic E-state index is 2.41. The van der Waals surface area contributed by atoms with Crippen LogP contribution >= 0.6 is 0 Å². The average Bonchev–Trinajstić information content (AvgIpc) is 2.46. The third-order valence-electron chi connectivity index (χ3n) is 4.94. The Morgan fingerprint density at radius 3 is 2.65 bits per heavy atom. The van der Waals surface area contributed by atoms with Gasteiger partial charge in [0.2, 0.25) is 0 Å². The van der Waals surface area contributed by atoms with Crippen molar-refractivity contribution in [2.45, 2.75) is 51.9 Å². The van der Waals surface area contributed by atoms with E-state index in [1.54, 1.807) is 11.1 Å². The Bertz CT molecular complexity index is 609. The molecule has 0 nitrogen and oxygen atoms in total. The smallest absolute Gasteiger partial charge is 0.00928 e. The van der Waals surface area contributed by atoms with E-state index in [0.29, 0.717) is 11.8 Å². The number of fused-ring (bicyclic) bond motifs is 1. The first-order valence-electron chi connectivity index (χ1n) is 7.82. The molecule has 20 heavy (non-hydrogen) atoms. The summed E-state index contributed by atoms with van der Waals surface area (Å²) in [6, 6.07) is 16.0. The summed E-state index contributed by atoms with van der Waals surface area (Å²) < 4.78 is 0. The van der Waals surface area contributed by atoms with Crippen molar-refractivity contribution in [3.8, 4) is 0 Å². The van der Waals surface area contributed by atoms with Crippen LogP contribution in [0.25, 0.3) is 0 Å². The number of aryl methyl sites for hydroxylation is 3. The van der Waals surface area contributed by atoms with Crippen molar-refractivity contribution in [3.63, 3.8) is 0 Å². The number of rotatable bonds is 2. The quantitative estimate of drug-likeness (QED) is 0.669. The highest BCUT2D eigenvalue weighted by Gasteiger charge is 2.26. The SMILES string of the molecule is Cc1ccc(C(C)C2CCCc3ccccc32)c(C)c1. The molecule has 3 rings (SSSR count). The third-order valence-corrected chi connectivity index (χ3v) is 4.94. The van der Waals surface area contributed by atoms with Gasteiger partial charge < -0.3 is 0 Å². The van der Waals surface area contributed by atoms with E-state index < -0.39 is 0 Å². The van der Waals surface area contributed by atoms with Crippen molar-refractivity contribution in [2.75, 3.05) is 0 Å². The highest BCUT2D eigenvalue weighted by atomic mass is 14.3. The molecule has 0 N–H and O–H groups in total. The molecule has 0 saturated heterocycles. The molecular weight excluding hydrogens is 240 g/mol. The maximum Gasteiger partial charge on any atom is -0.00928 e. The molecular formula is C20H24. The Kier molecular flexibility index (Phi) is 3.65. The van der Waals surface area contributed by atoms with Gasteiger partial charge in [-0.15, -0.1) is 0 Å². The van der Waals surface area contributed by atoms with Crippen molar-refractivity contribution >= 4 is 0 Å². The zero-order chi connectivity index (χ0) is 14.1. The van der Waals surface area contributed by atoms with Gasteiger partial charge in [0.15, 0.2) is 0 Å². The minimum atomic E-state index is 0.608. The third kappa shape index (κ3) is 2.40. The van der Waals surface area contributed by atoms with Gasteiger partial charge in [0.05, 0.1) is 0 Å². The molecule has 0 bridgehead atoms. The molecule has 0 aromatic heterocycles. The molecule has 0 radical (unpaired) electrons. The Morgan fingerprint density at radius 1 is 1.05 bits per heavy atom. The lowest BCUT2D eigenvalue weighted by atomic mass is 9.73. The van der Waals surface area contributed by atoms with Crippen LogP contribution in [0.15, 0.2) is 42.5 Å². The summed E-state index contributed by atoms with van der Waals surface area (Å²) in [6.45, 7) is 6.84. The first-order chi connectivity index (χ1) is 9.66. The summed E-state index contributed by atoms with van der Waals surface area (Å²) in [7, 11) is 0. The van der Waals surface area contributed by atoms with Gasteiger partial charge in [0.25, 0.3) is 0 Å². The molecule has 0 heterocycles. The summed E-state index contributed by atoms with van der Waals surface area (Å²) in [5.41, 5.74) is 7.49. The Hall–Kier alpha value is -1.56. The van der Waals surface area contributed by atoms with Crippen molar-refractivity contribution in [1.29, 1.82) is 0 Å². The average molecular weight is 264 g/mol. The van der Waals surface area contributed by atoms with Gasteiger partial charge in [-0.2, -0.15) is 0 Å². The molecule has 2 unspecified atom stereocenters. The summed E-state index contributed by atoms with van der Waals surface area (Å²) >= 11 is 0. The zero-order valence-corrected chi connectivity index (χ0v) is 12.8. The molecule has 2 aromatic carbocycles. The molecule has 0 heteroatoms. The standard InChI is InChI=1S/C20H24/c1-14-11-12-18(15(2)13-14)16(3)19-10-6-8-17-7-4-5-9-20(17)19/h4-5,7,9,11-13,16,19H,6,8,10H2,1-3H3. The van der Waals surface area contributed by atoms with Gasteiger partial charge in [-0.05, 0) is 67.2 Å². The lowest BCUT2D eigenvalue weighted by Crippen LogP contribution is -2.16. The highest BCUT2D eigenvalue weighted by molar-refractivity contribution is 5.39. The monoisotopic (exact) mass is 264 g/mol. The van der Waals surface area contributed by atoms with Crippen LogP contribution in [0.4, 0.5) is 0 Å². The minimum absolute atomic E-state index is 0.608. The topological polar surface area (TPSA) is 0 Å². The second-order valence-electron chi connectivity index (χ2n) is 6.35. The molecule has 2 aromatic rings. The number of hydrogen-bond donors (Lipinski definition) is 0. The van der Waals surface area contributed by atoms with Crippen molar-refractivity contribution < 1.29 is 0 Å². The molecule has 104 valence electrons. The van der Waals surface area contributed by atoms with E-state index in [9.17, 15) is 0 Å². The van der Waals surface area contributed by atoms with Crippen LogP contribution in [0.3, 0.4) is 0 Å². The van der Waals surface area contributed by atoms with Crippen LogP contribution in [0.1, 0.15) is 59.4 Å². The van der Waals surface area contributed by atoms with Crippen molar-refractivity contribution in [1.82, 2.24) is 0 Å². The van der Waals surface area contributed by atoms with E-state index in [-0.39, 0.29) is 0 Å². The molecule has 0 saturated carbocycles. The fourth-order valence-corrected chi connectivity index (χ4v) is 3.86. The van der Waals surface area contributed by atoms with Gasteiger partial charge in [0.1, 0.15) is 0 Å². The summed E-state index contributed by atoms with van der Waals surface area (Å²) in [5, 5.41) is 0. The van der Waals surface area contributed by atoms with Crippen LogP contribution in [0.2, 0.25) is 0 Å². The Morgan fingerprint density at radius 2 is 1.85 bits per heavy atom. The highest BCUT2D eigenvalue weighted by Crippen LogP contribution is 2.42. The largest absolute Gasteiger partial charge is 0.0620 e. The second kappa shape index (κ2) is 5.44. The summed E-state index contributed by atoms with van der Waals surface area (Å²) in [6.07, 6.45) is 3.91. The first kappa shape index (κ1) is 13.4. The summed E-state index contributed by atoms with van der Waals surface area (Å²) in [4.78, 5) is 0. The van der Waals surface area contributed by atoms with Crippen LogP contribution in [0.5, 0.6) is 0 Å². The summed E-state index contributed by atoms with van der Waals surface area (Å²) in [5.74, 6) is 1.29. The zero-order valence-electron chi connectivity index (χ0n) is 12.8. The van der Waals surface area contributed by atoms with Gasteiger partial charge in [-0.3, -0.25) is 0 Å². The molecule has 0 fully saturated rings. The van der Waals surface area contributed by atoms with E-state index >= 15 is 0 Å². The number of benzene rings is 2. The van der Waals surface area contributed by atoms with E-state index in [1.807, 2.05) is 0 Å².